The summed E-state index contributed by atoms with van der Waals surface area (Å²) in [6.45, 7) is 1.46. The van der Waals surface area contributed by atoms with Crippen molar-refractivity contribution in [2.24, 2.45) is 0 Å². The molecule has 0 aliphatic heterocycles. The molecule has 0 aromatic heterocycles. The van der Waals surface area contributed by atoms with Gasteiger partial charge in [-0.1, -0.05) is 46.6 Å². The summed E-state index contributed by atoms with van der Waals surface area (Å²) in [5.74, 6) is -0.736. The molecule has 0 fully saturated rings. The first-order valence-corrected chi connectivity index (χ1v) is 7.48. The summed E-state index contributed by atoms with van der Waals surface area (Å²) in [5, 5.41) is 0. The lowest BCUT2D eigenvalue weighted by molar-refractivity contribution is 0.101. The lowest BCUT2D eigenvalue weighted by Crippen LogP contribution is -2.26. The normalized spacial score (nSPS) is 13.4. The minimum absolute atomic E-state index is 0.149. The van der Waals surface area contributed by atoms with Gasteiger partial charge in [-0.15, -0.1) is 0 Å². The van der Waals surface area contributed by atoms with E-state index >= 15 is 0 Å². The third kappa shape index (κ3) is 3.06. The minimum Gasteiger partial charge on any atom is -0.291 e. The largest absolute Gasteiger partial charge is 0.291 e. The second-order valence-electron chi connectivity index (χ2n) is 3.14. The number of alkyl halides is 1. The van der Waals surface area contributed by atoms with Crippen LogP contribution in [0, 0.1) is 0 Å². The Bertz CT molecular complexity index is 481. The molecule has 6 heteroatoms. The lowest BCUT2D eigenvalue weighted by atomic mass is 10.1. The van der Waals surface area contributed by atoms with E-state index in [-0.39, 0.29) is 5.75 Å². The fourth-order valence-corrected chi connectivity index (χ4v) is 2.58. The van der Waals surface area contributed by atoms with Crippen molar-refractivity contribution >= 4 is 43.2 Å². The van der Waals surface area contributed by atoms with Gasteiger partial charge in [-0.2, -0.15) is 0 Å². The lowest BCUT2D eigenvalue weighted by Gasteiger charge is -2.08. The molecule has 1 rings (SSSR count). The van der Waals surface area contributed by atoms with E-state index in [4.69, 9.17) is 11.6 Å². The van der Waals surface area contributed by atoms with Crippen LogP contribution >= 0.6 is 27.5 Å². The van der Waals surface area contributed by atoms with Crippen molar-refractivity contribution in [3.63, 3.8) is 0 Å². The second kappa shape index (κ2) is 5.29. The zero-order valence-corrected chi connectivity index (χ0v) is 11.6. The summed E-state index contributed by atoms with van der Waals surface area (Å²) in [7, 11) is -3.55. The highest BCUT2D eigenvalue weighted by Crippen LogP contribution is 2.17. The highest BCUT2D eigenvalue weighted by molar-refractivity contribution is 9.10. The standard InChI is InChI=1S/C10H10BrClO3S/c1-2-16(14,15)10(12)9(13)7-3-5-8(11)6-4-7/h3-6,10H,2H2,1H3. The number of sulfone groups is 1. The van der Waals surface area contributed by atoms with Crippen LogP contribution in [-0.2, 0) is 9.84 Å². The van der Waals surface area contributed by atoms with E-state index in [2.05, 4.69) is 15.9 Å². The number of rotatable bonds is 4. The van der Waals surface area contributed by atoms with Crippen LogP contribution < -0.4 is 0 Å². The maximum atomic E-state index is 11.7. The Labute approximate surface area is 108 Å². The van der Waals surface area contributed by atoms with Crippen LogP contribution in [0.25, 0.3) is 0 Å². The molecule has 0 bridgehead atoms. The summed E-state index contributed by atoms with van der Waals surface area (Å²) >= 11 is 8.87. The zero-order valence-electron chi connectivity index (χ0n) is 8.48. The molecule has 1 aromatic rings. The third-order valence-corrected chi connectivity index (χ3v) is 5.24. The van der Waals surface area contributed by atoms with E-state index in [9.17, 15) is 13.2 Å². The van der Waals surface area contributed by atoms with Gasteiger partial charge in [-0.25, -0.2) is 8.42 Å². The average molecular weight is 326 g/mol. The molecule has 0 N–H and O–H groups in total. The topological polar surface area (TPSA) is 51.2 Å². The first-order valence-electron chi connectivity index (χ1n) is 4.54. The fourth-order valence-electron chi connectivity index (χ4n) is 1.05. The van der Waals surface area contributed by atoms with Gasteiger partial charge < -0.3 is 0 Å². The van der Waals surface area contributed by atoms with Gasteiger partial charge in [0.05, 0.1) is 0 Å². The van der Waals surface area contributed by atoms with E-state index in [1.54, 1.807) is 12.1 Å². The first kappa shape index (κ1) is 13.7. The monoisotopic (exact) mass is 324 g/mol. The van der Waals surface area contributed by atoms with Crippen LogP contribution in [0.3, 0.4) is 0 Å². The number of halogens is 2. The second-order valence-corrected chi connectivity index (χ2v) is 7.12. The van der Waals surface area contributed by atoms with Gasteiger partial charge in [0.2, 0.25) is 0 Å². The minimum atomic E-state index is -3.55. The van der Waals surface area contributed by atoms with Gasteiger partial charge >= 0.3 is 0 Å². The number of Topliss-reactive ketones (excluding diaryl/α,β-unsaturated/α-hetero) is 1. The van der Waals surface area contributed by atoms with Crippen LogP contribution in [0.4, 0.5) is 0 Å². The average Bonchev–Trinajstić information content (AvgIpc) is 2.28. The number of carbonyl (C=O) groups excluding carboxylic acids is 1. The molecule has 0 radical (unpaired) electrons. The molecule has 0 aliphatic rings. The van der Waals surface area contributed by atoms with E-state index in [0.29, 0.717) is 5.56 Å². The summed E-state index contributed by atoms with van der Waals surface area (Å²) < 4.78 is 22.2. The number of ketones is 1. The highest BCUT2D eigenvalue weighted by atomic mass is 79.9. The van der Waals surface area contributed by atoms with Crippen molar-refractivity contribution < 1.29 is 13.2 Å². The Morgan fingerprint density at radius 3 is 2.31 bits per heavy atom. The molecular weight excluding hydrogens is 316 g/mol. The Morgan fingerprint density at radius 1 is 1.38 bits per heavy atom. The van der Waals surface area contributed by atoms with Crippen molar-refractivity contribution in [2.45, 2.75) is 11.6 Å². The Balaban J connectivity index is 2.99. The molecule has 0 amide bonds. The summed E-state index contributed by atoms with van der Waals surface area (Å²) in [4.78, 5) is 11.7. The van der Waals surface area contributed by atoms with Crippen LogP contribution in [0.1, 0.15) is 17.3 Å². The third-order valence-electron chi connectivity index (χ3n) is 2.05. The molecule has 0 saturated carbocycles. The van der Waals surface area contributed by atoms with Crippen LogP contribution in [0.5, 0.6) is 0 Å². The van der Waals surface area contributed by atoms with Crippen molar-refractivity contribution in [1.82, 2.24) is 0 Å². The van der Waals surface area contributed by atoms with Crippen molar-refractivity contribution in [1.29, 1.82) is 0 Å². The summed E-state index contributed by atoms with van der Waals surface area (Å²) in [5.41, 5.74) is 0.292. The van der Waals surface area contributed by atoms with Gasteiger partial charge in [0.15, 0.2) is 20.3 Å². The smallest absolute Gasteiger partial charge is 0.197 e. The highest BCUT2D eigenvalue weighted by Gasteiger charge is 2.29. The SMILES string of the molecule is CCS(=O)(=O)C(Cl)C(=O)c1ccc(Br)cc1. The van der Waals surface area contributed by atoms with E-state index in [1.807, 2.05) is 0 Å². The molecule has 0 saturated heterocycles. The van der Waals surface area contributed by atoms with E-state index in [0.717, 1.165) is 4.47 Å². The molecule has 1 aromatic carbocycles. The molecule has 1 unspecified atom stereocenters. The van der Waals surface area contributed by atoms with Crippen molar-refractivity contribution in [2.75, 3.05) is 5.75 Å². The molecule has 0 spiro atoms. The Hall–Kier alpha value is -0.390. The summed E-state index contributed by atoms with van der Waals surface area (Å²) in [6, 6.07) is 6.39. The van der Waals surface area contributed by atoms with Crippen LogP contribution in [0.2, 0.25) is 0 Å². The number of hydrogen-bond donors (Lipinski definition) is 0. The quantitative estimate of drug-likeness (QED) is 0.631. The van der Waals surface area contributed by atoms with Crippen LogP contribution in [-0.4, -0.2) is 24.7 Å². The Morgan fingerprint density at radius 2 is 1.88 bits per heavy atom. The van der Waals surface area contributed by atoms with Crippen molar-refractivity contribution in [3.8, 4) is 0 Å². The molecule has 88 valence electrons. The van der Waals surface area contributed by atoms with Gasteiger partial charge in [-0.05, 0) is 12.1 Å². The van der Waals surface area contributed by atoms with Gasteiger partial charge in [0.1, 0.15) is 0 Å². The van der Waals surface area contributed by atoms with Crippen molar-refractivity contribution in [3.05, 3.63) is 34.3 Å². The number of benzene rings is 1. The molecule has 16 heavy (non-hydrogen) atoms. The number of hydrogen-bond acceptors (Lipinski definition) is 3. The predicted octanol–water partition coefficient (Wildman–Crippen LogP) is 2.63. The van der Waals surface area contributed by atoms with E-state index < -0.39 is 20.3 Å². The zero-order chi connectivity index (χ0) is 12.3. The first-order chi connectivity index (χ1) is 7.38. The van der Waals surface area contributed by atoms with Gasteiger partial charge in [0.25, 0.3) is 0 Å². The predicted molar refractivity (Wildman–Crippen MR) is 67.6 cm³/mol. The van der Waals surface area contributed by atoms with Gasteiger partial charge in [-0.3, -0.25) is 4.79 Å². The number of carbonyl (C=O) groups is 1. The van der Waals surface area contributed by atoms with E-state index in [1.165, 1.54) is 19.1 Å². The fraction of sp³-hybridized carbons (Fsp3) is 0.300. The molecule has 3 nitrogen and oxygen atoms in total. The Kier molecular flexibility index (Phi) is 4.52. The summed E-state index contributed by atoms with van der Waals surface area (Å²) in [6.07, 6.45) is 0. The maximum absolute atomic E-state index is 11.7. The molecule has 0 aliphatic carbocycles. The van der Waals surface area contributed by atoms with Gasteiger partial charge in [0, 0.05) is 15.8 Å². The van der Waals surface area contributed by atoms with Crippen LogP contribution in [0.15, 0.2) is 28.7 Å². The molecule has 0 heterocycles. The molecular formula is C10H10BrClO3S. The maximum Gasteiger partial charge on any atom is 0.197 e. The molecule has 1 atom stereocenters.